The zero-order chi connectivity index (χ0) is 22.0. The lowest BCUT2D eigenvalue weighted by Crippen LogP contribution is -2.34. The highest BCUT2D eigenvalue weighted by atomic mass is 16.5. The summed E-state index contributed by atoms with van der Waals surface area (Å²) in [6.07, 6.45) is 1.84. The molecule has 0 aliphatic carbocycles. The fraction of sp³-hybridized carbons (Fsp3) is 0.400. The van der Waals surface area contributed by atoms with Crippen molar-refractivity contribution >= 4 is 16.7 Å². The number of hydrogen-bond donors (Lipinski definition) is 0. The predicted molar refractivity (Wildman–Crippen MR) is 121 cm³/mol. The van der Waals surface area contributed by atoms with Crippen LogP contribution in [0.2, 0.25) is 0 Å². The van der Waals surface area contributed by atoms with Gasteiger partial charge in [0, 0.05) is 18.5 Å². The zero-order valence-electron chi connectivity index (χ0n) is 18.4. The van der Waals surface area contributed by atoms with Gasteiger partial charge in [0.1, 0.15) is 5.75 Å². The summed E-state index contributed by atoms with van der Waals surface area (Å²) < 4.78 is 6.99. The summed E-state index contributed by atoms with van der Waals surface area (Å²) in [4.78, 5) is 28.5. The standard InChI is InChI=1S/C25H29N3O3/c1-4-31-19-13-11-18(12-14-19)22-10-7-15-27(22)25(30)23-20-8-5-6-9-21(20)24(29)28(26-23)16-17(2)3/h5-6,8-9,11-14,17,22H,4,7,10,15-16H2,1-3H3. The number of ether oxygens (including phenoxy) is 1. The number of hydrogen-bond acceptors (Lipinski definition) is 4. The maximum atomic E-state index is 13.7. The Morgan fingerprint density at radius 1 is 1.13 bits per heavy atom. The van der Waals surface area contributed by atoms with Crippen LogP contribution in [0.4, 0.5) is 0 Å². The highest BCUT2D eigenvalue weighted by molar-refractivity contribution is 6.05. The van der Waals surface area contributed by atoms with Gasteiger partial charge in [-0.05, 0) is 49.4 Å². The molecule has 2 aromatic carbocycles. The van der Waals surface area contributed by atoms with Gasteiger partial charge < -0.3 is 9.64 Å². The molecule has 0 bridgehead atoms. The maximum absolute atomic E-state index is 13.7. The molecule has 162 valence electrons. The van der Waals surface area contributed by atoms with Crippen LogP contribution < -0.4 is 10.3 Å². The number of aromatic nitrogens is 2. The molecular formula is C25H29N3O3. The molecule has 1 aromatic heterocycles. The van der Waals surface area contributed by atoms with Crippen molar-refractivity contribution in [3.8, 4) is 5.75 Å². The van der Waals surface area contributed by atoms with Crippen molar-refractivity contribution in [2.24, 2.45) is 5.92 Å². The molecule has 6 heteroatoms. The molecule has 6 nitrogen and oxygen atoms in total. The molecule has 1 atom stereocenters. The normalized spacial score (nSPS) is 16.3. The lowest BCUT2D eigenvalue weighted by Gasteiger charge is -2.25. The smallest absolute Gasteiger partial charge is 0.275 e. The third-order valence-corrected chi connectivity index (χ3v) is 5.70. The second-order valence-electron chi connectivity index (χ2n) is 8.43. The van der Waals surface area contributed by atoms with Gasteiger partial charge in [-0.15, -0.1) is 0 Å². The minimum absolute atomic E-state index is 0.00536. The van der Waals surface area contributed by atoms with E-state index in [1.807, 2.05) is 68.1 Å². The van der Waals surface area contributed by atoms with Crippen molar-refractivity contribution in [1.82, 2.24) is 14.7 Å². The largest absolute Gasteiger partial charge is 0.494 e. The van der Waals surface area contributed by atoms with Crippen molar-refractivity contribution in [3.05, 3.63) is 70.1 Å². The molecular weight excluding hydrogens is 390 g/mol. The Labute approximate surface area is 182 Å². The van der Waals surface area contributed by atoms with Gasteiger partial charge >= 0.3 is 0 Å². The van der Waals surface area contributed by atoms with Gasteiger partial charge in [-0.1, -0.05) is 44.2 Å². The summed E-state index contributed by atoms with van der Waals surface area (Å²) in [7, 11) is 0. The Bertz CT molecular complexity index is 1130. The minimum atomic E-state index is -0.148. The van der Waals surface area contributed by atoms with Crippen LogP contribution in [0.25, 0.3) is 10.8 Å². The molecule has 0 saturated carbocycles. The van der Waals surface area contributed by atoms with E-state index in [-0.39, 0.29) is 23.4 Å². The first-order valence-electron chi connectivity index (χ1n) is 11.0. The number of rotatable bonds is 6. The molecule has 1 amide bonds. The Morgan fingerprint density at radius 2 is 1.84 bits per heavy atom. The van der Waals surface area contributed by atoms with Gasteiger partial charge in [0.25, 0.3) is 11.5 Å². The van der Waals surface area contributed by atoms with Crippen LogP contribution in [0.5, 0.6) is 5.75 Å². The Balaban J connectivity index is 1.72. The zero-order valence-corrected chi connectivity index (χ0v) is 18.4. The Morgan fingerprint density at radius 3 is 2.52 bits per heavy atom. The van der Waals surface area contributed by atoms with Crippen molar-refractivity contribution in [2.75, 3.05) is 13.2 Å². The molecule has 1 fully saturated rings. The Hall–Kier alpha value is -3.15. The van der Waals surface area contributed by atoms with Crippen LogP contribution >= 0.6 is 0 Å². The van der Waals surface area contributed by atoms with Crippen LogP contribution in [0.3, 0.4) is 0 Å². The van der Waals surface area contributed by atoms with Crippen LogP contribution in [0.15, 0.2) is 53.3 Å². The van der Waals surface area contributed by atoms with Crippen LogP contribution in [-0.2, 0) is 6.54 Å². The van der Waals surface area contributed by atoms with E-state index in [1.165, 1.54) is 4.68 Å². The van der Waals surface area contributed by atoms with Gasteiger partial charge in [0.2, 0.25) is 0 Å². The van der Waals surface area contributed by atoms with Crippen molar-refractivity contribution in [3.63, 3.8) is 0 Å². The van der Waals surface area contributed by atoms with Crippen LogP contribution in [0.1, 0.15) is 55.7 Å². The molecule has 3 aromatic rings. The van der Waals surface area contributed by atoms with Crippen LogP contribution in [-0.4, -0.2) is 33.7 Å². The number of nitrogens with zero attached hydrogens (tertiary/aromatic N) is 3. The maximum Gasteiger partial charge on any atom is 0.275 e. The van der Waals surface area contributed by atoms with Crippen molar-refractivity contribution in [2.45, 2.75) is 46.2 Å². The summed E-state index contributed by atoms with van der Waals surface area (Å²) >= 11 is 0. The first kappa shape index (κ1) is 21.1. The fourth-order valence-electron chi connectivity index (χ4n) is 4.31. The van der Waals surface area contributed by atoms with E-state index >= 15 is 0 Å². The van der Waals surface area contributed by atoms with Gasteiger partial charge in [-0.25, -0.2) is 4.68 Å². The average molecular weight is 420 g/mol. The molecule has 4 rings (SSSR count). The third kappa shape index (κ3) is 4.20. The topological polar surface area (TPSA) is 64.4 Å². The number of amides is 1. The monoisotopic (exact) mass is 419 g/mol. The highest BCUT2D eigenvalue weighted by Gasteiger charge is 2.32. The molecule has 1 aliphatic heterocycles. The predicted octanol–water partition coefficient (Wildman–Crippen LogP) is 4.43. The van der Waals surface area contributed by atoms with Crippen molar-refractivity contribution in [1.29, 1.82) is 0 Å². The summed E-state index contributed by atoms with van der Waals surface area (Å²) in [6.45, 7) is 7.81. The lowest BCUT2D eigenvalue weighted by molar-refractivity contribution is 0.0729. The summed E-state index contributed by atoms with van der Waals surface area (Å²) in [5, 5.41) is 5.70. The van der Waals surface area contributed by atoms with E-state index in [1.54, 1.807) is 6.07 Å². The first-order valence-corrected chi connectivity index (χ1v) is 11.0. The number of benzene rings is 2. The van der Waals surface area contributed by atoms with E-state index in [0.717, 1.165) is 24.2 Å². The van der Waals surface area contributed by atoms with E-state index in [0.29, 0.717) is 36.2 Å². The minimum Gasteiger partial charge on any atom is -0.494 e. The van der Waals surface area contributed by atoms with E-state index in [4.69, 9.17) is 4.74 Å². The molecule has 31 heavy (non-hydrogen) atoms. The fourth-order valence-corrected chi connectivity index (χ4v) is 4.31. The lowest BCUT2D eigenvalue weighted by atomic mass is 10.0. The van der Waals surface area contributed by atoms with Crippen molar-refractivity contribution < 1.29 is 9.53 Å². The Kier molecular flexibility index (Phi) is 6.07. The van der Waals surface area contributed by atoms with Gasteiger partial charge in [-0.2, -0.15) is 5.10 Å². The van der Waals surface area contributed by atoms with Gasteiger partial charge in [-0.3, -0.25) is 9.59 Å². The molecule has 1 aliphatic rings. The SMILES string of the molecule is CCOc1ccc(C2CCCN2C(=O)c2nn(CC(C)C)c(=O)c3ccccc23)cc1. The summed E-state index contributed by atoms with van der Waals surface area (Å²) in [6, 6.07) is 15.2. The van der Waals surface area contributed by atoms with Gasteiger partial charge in [0.05, 0.1) is 18.0 Å². The molecule has 0 spiro atoms. The van der Waals surface area contributed by atoms with E-state index in [9.17, 15) is 9.59 Å². The third-order valence-electron chi connectivity index (χ3n) is 5.70. The second-order valence-corrected chi connectivity index (χ2v) is 8.43. The number of carbonyl (C=O) groups is 1. The summed E-state index contributed by atoms with van der Waals surface area (Å²) in [5.41, 5.74) is 1.30. The molecule has 1 unspecified atom stereocenters. The van der Waals surface area contributed by atoms with Crippen LogP contribution in [0, 0.1) is 5.92 Å². The van der Waals surface area contributed by atoms with E-state index < -0.39 is 0 Å². The average Bonchev–Trinajstić information content (AvgIpc) is 3.26. The molecule has 2 heterocycles. The second kappa shape index (κ2) is 8.92. The molecule has 0 N–H and O–H groups in total. The van der Waals surface area contributed by atoms with E-state index in [2.05, 4.69) is 5.10 Å². The summed E-state index contributed by atoms with van der Waals surface area (Å²) in [5.74, 6) is 0.957. The molecule has 0 radical (unpaired) electrons. The quantitative estimate of drug-likeness (QED) is 0.593. The number of fused-ring (bicyclic) bond motifs is 1. The van der Waals surface area contributed by atoms with Gasteiger partial charge in [0.15, 0.2) is 5.69 Å². The number of carbonyl (C=O) groups excluding carboxylic acids is 1. The molecule has 1 saturated heterocycles. The number of likely N-dealkylation sites (tertiary alicyclic amines) is 1. The highest BCUT2D eigenvalue weighted by Crippen LogP contribution is 2.34. The first-order chi connectivity index (χ1) is 15.0.